The molecule has 0 aliphatic rings. The first-order valence-electron chi connectivity index (χ1n) is 4.10. The van der Waals surface area contributed by atoms with Gasteiger partial charge in [0.2, 0.25) is 0 Å². The Morgan fingerprint density at radius 3 is 2.33 bits per heavy atom. The van der Waals surface area contributed by atoms with E-state index >= 15 is 0 Å². The number of rotatable bonds is 2. The van der Waals surface area contributed by atoms with E-state index in [2.05, 4.69) is 0 Å². The summed E-state index contributed by atoms with van der Waals surface area (Å²) in [5.74, 6) is -0.944. The average Bonchev–Trinajstić information content (AvgIpc) is 1.99. The number of hydrogen-bond donors (Lipinski definition) is 1. The Kier molecular flexibility index (Phi) is 3.38. The fourth-order valence-electron chi connectivity index (χ4n) is 1.17. The van der Waals surface area contributed by atoms with Gasteiger partial charge in [0.05, 0.1) is 11.1 Å². The van der Waals surface area contributed by atoms with Crippen molar-refractivity contribution in [2.45, 2.75) is 17.9 Å². The summed E-state index contributed by atoms with van der Waals surface area (Å²) in [6, 6.07) is 2.21. The van der Waals surface area contributed by atoms with Crippen LogP contribution >= 0.6 is 11.6 Å². The van der Waals surface area contributed by atoms with Crippen LogP contribution in [-0.2, 0) is 9.84 Å². The van der Waals surface area contributed by atoms with Crippen molar-refractivity contribution in [1.82, 2.24) is 0 Å². The van der Waals surface area contributed by atoms with Crippen LogP contribution in [0.25, 0.3) is 0 Å². The standard InChI is InChI=1S/C9H10ClFO3S/c1-5(12)6-3-7(10)9(8(11)4-6)15(2,13)14/h3-5,12H,1-2H3. The largest absolute Gasteiger partial charge is 0.389 e. The zero-order valence-corrected chi connectivity index (χ0v) is 9.73. The van der Waals surface area contributed by atoms with Gasteiger partial charge in [0.1, 0.15) is 10.7 Å². The molecule has 0 aliphatic carbocycles. The van der Waals surface area contributed by atoms with Crippen LogP contribution in [0.5, 0.6) is 0 Å². The Hall–Kier alpha value is -0.650. The molecule has 0 aromatic heterocycles. The lowest BCUT2D eigenvalue weighted by molar-refractivity contribution is 0.198. The van der Waals surface area contributed by atoms with Crippen molar-refractivity contribution in [1.29, 1.82) is 0 Å². The minimum Gasteiger partial charge on any atom is -0.389 e. The number of hydrogen-bond acceptors (Lipinski definition) is 3. The van der Waals surface area contributed by atoms with Crippen molar-refractivity contribution in [3.63, 3.8) is 0 Å². The average molecular weight is 253 g/mol. The summed E-state index contributed by atoms with van der Waals surface area (Å²) in [4.78, 5) is -0.534. The quantitative estimate of drug-likeness (QED) is 0.875. The summed E-state index contributed by atoms with van der Waals surface area (Å²) in [7, 11) is -3.70. The molecule has 1 rings (SSSR count). The third kappa shape index (κ3) is 2.68. The zero-order chi connectivity index (χ0) is 11.8. The first-order valence-corrected chi connectivity index (χ1v) is 6.37. The highest BCUT2D eigenvalue weighted by Gasteiger charge is 2.20. The van der Waals surface area contributed by atoms with Gasteiger partial charge in [-0.1, -0.05) is 11.6 Å². The summed E-state index contributed by atoms with van der Waals surface area (Å²) < 4.78 is 35.7. The highest BCUT2D eigenvalue weighted by Crippen LogP contribution is 2.28. The zero-order valence-electron chi connectivity index (χ0n) is 8.16. The lowest BCUT2D eigenvalue weighted by Crippen LogP contribution is -2.04. The van der Waals surface area contributed by atoms with Gasteiger partial charge in [-0.3, -0.25) is 0 Å². The van der Waals surface area contributed by atoms with Crippen LogP contribution in [0.15, 0.2) is 17.0 Å². The van der Waals surface area contributed by atoms with Crippen LogP contribution in [0.2, 0.25) is 5.02 Å². The van der Waals surface area contributed by atoms with E-state index in [1.54, 1.807) is 0 Å². The second-order valence-electron chi connectivity index (χ2n) is 3.26. The van der Waals surface area contributed by atoms with Crippen molar-refractivity contribution in [3.8, 4) is 0 Å². The van der Waals surface area contributed by atoms with Gasteiger partial charge in [0, 0.05) is 6.26 Å². The van der Waals surface area contributed by atoms with E-state index in [1.807, 2.05) is 0 Å². The minimum atomic E-state index is -3.70. The molecule has 0 bridgehead atoms. The van der Waals surface area contributed by atoms with Crippen molar-refractivity contribution in [2.75, 3.05) is 6.26 Å². The number of aliphatic hydroxyl groups excluding tert-OH is 1. The summed E-state index contributed by atoms with van der Waals surface area (Å²) >= 11 is 5.63. The van der Waals surface area contributed by atoms with Crippen molar-refractivity contribution in [2.24, 2.45) is 0 Å². The Labute approximate surface area is 92.4 Å². The first-order chi connectivity index (χ1) is 6.73. The predicted molar refractivity (Wildman–Crippen MR) is 55.2 cm³/mol. The van der Waals surface area contributed by atoms with Gasteiger partial charge < -0.3 is 5.11 Å². The maximum Gasteiger partial charge on any atom is 0.179 e. The Morgan fingerprint density at radius 2 is 2.00 bits per heavy atom. The minimum absolute atomic E-state index is 0.214. The van der Waals surface area contributed by atoms with Gasteiger partial charge in [0.15, 0.2) is 9.84 Å². The van der Waals surface area contributed by atoms with Gasteiger partial charge in [-0.25, -0.2) is 12.8 Å². The second-order valence-corrected chi connectivity index (χ2v) is 5.62. The van der Waals surface area contributed by atoms with Gasteiger partial charge in [-0.2, -0.15) is 0 Å². The molecule has 1 unspecified atom stereocenters. The van der Waals surface area contributed by atoms with E-state index in [0.717, 1.165) is 12.3 Å². The van der Waals surface area contributed by atoms with Gasteiger partial charge in [0.25, 0.3) is 0 Å². The third-order valence-electron chi connectivity index (χ3n) is 1.87. The van der Waals surface area contributed by atoms with Gasteiger partial charge >= 0.3 is 0 Å². The molecule has 0 amide bonds. The number of aliphatic hydroxyl groups is 1. The molecular formula is C9H10ClFO3S. The van der Waals surface area contributed by atoms with Crippen LogP contribution in [0.3, 0.4) is 0 Å². The second kappa shape index (κ2) is 4.08. The van der Waals surface area contributed by atoms with Crippen LogP contribution in [0, 0.1) is 5.82 Å². The van der Waals surface area contributed by atoms with Crippen molar-refractivity contribution in [3.05, 3.63) is 28.5 Å². The molecule has 1 N–H and O–H groups in total. The molecule has 0 fully saturated rings. The normalized spacial score (nSPS) is 13.9. The summed E-state index contributed by atoms with van der Waals surface area (Å²) in [6.07, 6.45) is -0.0232. The fourth-order valence-corrected chi connectivity index (χ4v) is 2.64. The summed E-state index contributed by atoms with van der Waals surface area (Å²) in [6.45, 7) is 1.44. The molecule has 3 nitrogen and oxygen atoms in total. The highest BCUT2D eigenvalue weighted by atomic mass is 35.5. The van der Waals surface area contributed by atoms with Crippen molar-refractivity contribution < 1.29 is 17.9 Å². The van der Waals surface area contributed by atoms with Gasteiger partial charge in [-0.05, 0) is 24.6 Å². The molecule has 1 aromatic rings. The monoisotopic (exact) mass is 252 g/mol. The summed E-state index contributed by atoms with van der Waals surface area (Å²) in [5, 5.41) is 8.98. The molecule has 0 radical (unpaired) electrons. The maximum atomic E-state index is 13.4. The molecule has 1 aromatic carbocycles. The molecule has 0 saturated carbocycles. The molecule has 0 spiro atoms. The van der Waals surface area contributed by atoms with Crippen LogP contribution in [-0.4, -0.2) is 19.8 Å². The predicted octanol–water partition coefficient (Wildman–Crippen LogP) is 1.94. The van der Waals surface area contributed by atoms with Crippen molar-refractivity contribution >= 4 is 21.4 Å². The molecule has 15 heavy (non-hydrogen) atoms. The SMILES string of the molecule is CC(O)c1cc(F)c(S(C)(=O)=O)c(Cl)c1. The van der Waals surface area contributed by atoms with E-state index in [0.29, 0.717) is 0 Å². The molecule has 0 saturated heterocycles. The Bertz CT molecular complexity index is 459. The highest BCUT2D eigenvalue weighted by molar-refractivity contribution is 7.90. The third-order valence-corrected chi connectivity index (χ3v) is 3.44. The maximum absolute atomic E-state index is 13.4. The fraction of sp³-hybridized carbons (Fsp3) is 0.333. The van der Waals surface area contributed by atoms with E-state index in [9.17, 15) is 17.9 Å². The number of halogens is 2. The van der Waals surface area contributed by atoms with E-state index in [4.69, 9.17) is 11.6 Å². The van der Waals surface area contributed by atoms with Gasteiger partial charge in [-0.15, -0.1) is 0 Å². The summed E-state index contributed by atoms with van der Waals surface area (Å²) in [5.41, 5.74) is 0.241. The number of sulfone groups is 1. The van der Waals surface area contributed by atoms with Crippen LogP contribution in [0.1, 0.15) is 18.6 Å². The Morgan fingerprint density at radius 1 is 1.47 bits per heavy atom. The van der Waals surface area contributed by atoms with E-state index in [1.165, 1.54) is 13.0 Å². The molecule has 0 aliphatic heterocycles. The lowest BCUT2D eigenvalue weighted by atomic mass is 10.1. The van der Waals surface area contributed by atoms with E-state index < -0.39 is 26.7 Å². The first kappa shape index (κ1) is 12.4. The van der Waals surface area contributed by atoms with Crippen LogP contribution < -0.4 is 0 Å². The van der Waals surface area contributed by atoms with E-state index in [-0.39, 0.29) is 10.6 Å². The smallest absolute Gasteiger partial charge is 0.179 e. The Balaban J connectivity index is 3.48. The molecular weight excluding hydrogens is 243 g/mol. The topological polar surface area (TPSA) is 54.4 Å². The van der Waals surface area contributed by atoms with Crippen LogP contribution in [0.4, 0.5) is 4.39 Å². The number of benzene rings is 1. The lowest BCUT2D eigenvalue weighted by Gasteiger charge is -2.09. The molecule has 1 atom stereocenters. The molecule has 84 valence electrons. The molecule has 6 heteroatoms. The molecule has 0 heterocycles.